The highest BCUT2D eigenvalue weighted by Crippen LogP contribution is 2.36. The van der Waals surface area contributed by atoms with Crippen LogP contribution in [-0.2, 0) is 14.3 Å². The quantitative estimate of drug-likeness (QED) is 0.644. The first-order valence-corrected chi connectivity index (χ1v) is 11.0. The topological polar surface area (TPSA) is 76.0 Å². The zero-order chi connectivity index (χ0) is 21.1. The molecule has 1 fully saturated rings. The molecule has 0 radical (unpaired) electrons. The van der Waals surface area contributed by atoms with Crippen LogP contribution in [0.4, 0.5) is 4.39 Å². The van der Waals surface area contributed by atoms with Gasteiger partial charge in [0.25, 0.3) is 0 Å². The van der Waals surface area contributed by atoms with E-state index in [9.17, 15) is 9.18 Å². The molecule has 0 unspecified atom stereocenters. The fraction of sp³-hybridized carbons (Fsp3) is 0.350. The van der Waals surface area contributed by atoms with Gasteiger partial charge in [0.15, 0.2) is 10.8 Å². The monoisotopic (exact) mass is 494 g/mol. The Balaban J connectivity index is 1.81. The van der Waals surface area contributed by atoms with Gasteiger partial charge in [0.05, 0.1) is 25.9 Å². The Morgan fingerprint density at radius 3 is 2.90 bits per heavy atom. The maximum Gasteiger partial charge on any atom is 0.338 e. The van der Waals surface area contributed by atoms with Crippen LogP contribution >= 0.6 is 27.3 Å². The van der Waals surface area contributed by atoms with E-state index >= 15 is 0 Å². The number of aliphatic imine (C=N–C) groups is 1. The van der Waals surface area contributed by atoms with Gasteiger partial charge in [-0.05, 0) is 17.7 Å². The highest BCUT2D eigenvalue weighted by atomic mass is 79.9. The minimum atomic E-state index is -0.663. The van der Waals surface area contributed by atoms with E-state index < -0.39 is 12.0 Å². The highest BCUT2D eigenvalue weighted by molar-refractivity contribution is 9.10. The van der Waals surface area contributed by atoms with Crippen molar-refractivity contribution in [1.82, 2.24) is 15.2 Å². The van der Waals surface area contributed by atoms with Crippen molar-refractivity contribution in [2.45, 2.75) is 6.04 Å². The third kappa shape index (κ3) is 4.46. The summed E-state index contributed by atoms with van der Waals surface area (Å²) in [5, 5.41) is 5.88. The van der Waals surface area contributed by atoms with Crippen molar-refractivity contribution in [1.29, 1.82) is 0 Å². The first-order chi connectivity index (χ1) is 14.6. The van der Waals surface area contributed by atoms with Crippen molar-refractivity contribution in [3.8, 4) is 0 Å². The number of carbonyl (C=O) groups excluding carboxylic acids is 1. The fourth-order valence-electron chi connectivity index (χ4n) is 3.45. The van der Waals surface area contributed by atoms with E-state index in [0.717, 1.165) is 13.1 Å². The normalized spacial score (nSPS) is 20.0. The third-order valence-electron chi connectivity index (χ3n) is 4.91. The van der Waals surface area contributed by atoms with Gasteiger partial charge in [-0.2, -0.15) is 0 Å². The number of rotatable bonds is 5. The van der Waals surface area contributed by atoms with Crippen LogP contribution in [0, 0.1) is 5.82 Å². The Kier molecular flexibility index (Phi) is 6.57. The predicted molar refractivity (Wildman–Crippen MR) is 115 cm³/mol. The van der Waals surface area contributed by atoms with Crippen molar-refractivity contribution in [2.75, 3.05) is 40.0 Å². The molecular formula is C20H20BrFN4O3S. The maximum atomic E-state index is 13.7. The molecule has 1 atom stereocenters. The Hall–Kier alpha value is -2.14. The molecule has 2 aliphatic rings. The highest BCUT2D eigenvalue weighted by Gasteiger charge is 2.34. The van der Waals surface area contributed by atoms with Crippen LogP contribution in [0.5, 0.6) is 0 Å². The number of benzene rings is 1. The number of amidine groups is 1. The second-order valence-corrected chi connectivity index (χ2v) is 8.53. The molecule has 2 aliphatic heterocycles. The molecule has 1 saturated heterocycles. The number of thiazole rings is 1. The zero-order valence-corrected chi connectivity index (χ0v) is 18.6. The molecule has 0 bridgehead atoms. The summed E-state index contributed by atoms with van der Waals surface area (Å²) in [7, 11) is 1.35. The van der Waals surface area contributed by atoms with Gasteiger partial charge in [0, 0.05) is 41.4 Å². The van der Waals surface area contributed by atoms with E-state index in [-0.39, 0.29) is 5.82 Å². The van der Waals surface area contributed by atoms with Crippen molar-refractivity contribution >= 4 is 39.1 Å². The smallest absolute Gasteiger partial charge is 0.338 e. The van der Waals surface area contributed by atoms with Crippen LogP contribution in [0.15, 0.2) is 50.5 Å². The van der Waals surface area contributed by atoms with Crippen LogP contribution in [0.25, 0.3) is 0 Å². The van der Waals surface area contributed by atoms with Gasteiger partial charge >= 0.3 is 5.97 Å². The zero-order valence-electron chi connectivity index (χ0n) is 16.2. The number of methoxy groups -OCH3 is 1. The van der Waals surface area contributed by atoms with Gasteiger partial charge in [-0.15, -0.1) is 11.3 Å². The number of nitrogens with zero attached hydrogens (tertiary/aromatic N) is 3. The molecule has 0 aliphatic carbocycles. The molecular weight excluding hydrogens is 475 g/mol. The molecule has 30 heavy (non-hydrogen) atoms. The summed E-state index contributed by atoms with van der Waals surface area (Å²) in [6, 6.07) is 3.70. The van der Waals surface area contributed by atoms with Gasteiger partial charge in [-0.1, -0.05) is 22.0 Å². The molecule has 0 spiro atoms. The van der Waals surface area contributed by atoms with Gasteiger partial charge in [-0.25, -0.2) is 14.2 Å². The Morgan fingerprint density at radius 1 is 1.43 bits per heavy atom. The Labute approximate surface area is 185 Å². The van der Waals surface area contributed by atoms with Gasteiger partial charge < -0.3 is 14.8 Å². The molecule has 1 aromatic carbocycles. The van der Waals surface area contributed by atoms with Gasteiger partial charge in [0.2, 0.25) is 0 Å². The Bertz CT molecular complexity index is 990. The van der Waals surface area contributed by atoms with Crippen LogP contribution in [0.1, 0.15) is 16.6 Å². The lowest BCUT2D eigenvalue weighted by atomic mass is 9.95. The number of morpholine rings is 1. The van der Waals surface area contributed by atoms with Crippen molar-refractivity contribution in [3.63, 3.8) is 0 Å². The number of ether oxygens (including phenoxy) is 2. The van der Waals surface area contributed by atoms with Crippen LogP contribution in [-0.4, -0.2) is 61.6 Å². The molecule has 1 N–H and O–H groups in total. The summed E-state index contributed by atoms with van der Waals surface area (Å²) in [6.45, 7) is 3.30. The number of nitrogens with one attached hydrogen (secondary N) is 1. The van der Waals surface area contributed by atoms with Crippen molar-refractivity contribution in [3.05, 3.63) is 61.9 Å². The molecule has 2 aromatic rings. The fourth-order valence-corrected chi connectivity index (χ4v) is 4.61. The lowest BCUT2D eigenvalue weighted by Gasteiger charge is -2.32. The lowest BCUT2D eigenvalue weighted by molar-refractivity contribution is -0.136. The van der Waals surface area contributed by atoms with Crippen LogP contribution in [0.2, 0.25) is 0 Å². The predicted octanol–water partition coefficient (Wildman–Crippen LogP) is 2.90. The SMILES string of the molecule is COC(=O)C1=C(CN2CCOCC2)NC(c2nccs2)=N[C@H]1c1ccc(F)cc1Br. The van der Waals surface area contributed by atoms with Crippen molar-refractivity contribution < 1.29 is 18.7 Å². The van der Waals surface area contributed by atoms with Gasteiger partial charge in [-0.3, -0.25) is 9.89 Å². The minimum Gasteiger partial charge on any atom is -0.466 e. The van der Waals surface area contributed by atoms with E-state index in [0.29, 0.717) is 51.9 Å². The molecule has 4 rings (SSSR count). The van der Waals surface area contributed by atoms with E-state index in [4.69, 9.17) is 14.5 Å². The Morgan fingerprint density at radius 2 is 2.23 bits per heavy atom. The maximum absolute atomic E-state index is 13.7. The molecule has 1 aromatic heterocycles. The average molecular weight is 495 g/mol. The number of hydrogen-bond donors (Lipinski definition) is 1. The number of aromatic nitrogens is 1. The summed E-state index contributed by atoms with van der Waals surface area (Å²) in [4.78, 5) is 24.2. The number of esters is 1. The van der Waals surface area contributed by atoms with Crippen LogP contribution < -0.4 is 5.32 Å². The largest absolute Gasteiger partial charge is 0.466 e. The summed E-state index contributed by atoms with van der Waals surface area (Å²) >= 11 is 4.87. The van der Waals surface area contributed by atoms with E-state index in [1.54, 1.807) is 12.3 Å². The van der Waals surface area contributed by atoms with Gasteiger partial charge in [0.1, 0.15) is 11.9 Å². The first-order valence-electron chi connectivity index (χ1n) is 9.38. The number of halogens is 2. The first kappa shape index (κ1) is 21.1. The molecule has 7 nitrogen and oxygen atoms in total. The van der Waals surface area contributed by atoms with E-state index in [1.807, 2.05) is 5.38 Å². The minimum absolute atomic E-state index is 0.374. The number of carbonyl (C=O) groups is 1. The standard InChI is InChI=1S/C20H20BrFN4O3S/c1-28-20(27)16-15(11-26-5-7-29-8-6-26)24-18(19-23-4-9-30-19)25-17(16)13-3-2-12(22)10-14(13)21/h2-4,9-10,17H,5-8,11H2,1H3,(H,24,25)/t17-/m0/s1. The van der Waals surface area contributed by atoms with Crippen molar-refractivity contribution in [2.24, 2.45) is 4.99 Å². The molecule has 3 heterocycles. The third-order valence-corrected chi connectivity index (χ3v) is 6.38. The molecule has 158 valence electrons. The number of hydrogen-bond acceptors (Lipinski definition) is 8. The molecule has 10 heteroatoms. The van der Waals surface area contributed by atoms with E-state index in [2.05, 4.69) is 31.1 Å². The summed E-state index contributed by atoms with van der Waals surface area (Å²) in [5.74, 6) is -0.281. The summed E-state index contributed by atoms with van der Waals surface area (Å²) in [5.41, 5.74) is 1.77. The second-order valence-electron chi connectivity index (χ2n) is 6.78. The average Bonchev–Trinajstić information content (AvgIpc) is 3.28. The lowest BCUT2D eigenvalue weighted by Crippen LogP contribution is -2.43. The molecule has 0 saturated carbocycles. The summed E-state index contributed by atoms with van der Waals surface area (Å²) < 4.78 is 24.8. The molecule has 0 amide bonds. The summed E-state index contributed by atoms with van der Waals surface area (Å²) in [6.07, 6.45) is 1.70. The van der Waals surface area contributed by atoms with Crippen LogP contribution in [0.3, 0.4) is 0 Å². The van der Waals surface area contributed by atoms with E-state index in [1.165, 1.54) is 30.6 Å². The second kappa shape index (κ2) is 9.34.